The summed E-state index contributed by atoms with van der Waals surface area (Å²) >= 11 is 5.25. The van der Waals surface area contributed by atoms with Gasteiger partial charge in [-0.3, -0.25) is 0 Å². The normalized spacial score (nSPS) is 10.6. The third-order valence-electron chi connectivity index (χ3n) is 2.82. The van der Waals surface area contributed by atoms with Crippen LogP contribution in [0.1, 0.15) is 31.4 Å². The zero-order valence-electron chi connectivity index (χ0n) is 12.2. The number of hydrogen-bond acceptors (Lipinski definition) is 2. The fourth-order valence-corrected chi connectivity index (χ4v) is 1.81. The lowest BCUT2D eigenvalue weighted by atomic mass is 10.1. The van der Waals surface area contributed by atoms with E-state index in [1.54, 1.807) is 0 Å². The van der Waals surface area contributed by atoms with E-state index in [-0.39, 0.29) is 0 Å². The maximum Gasteiger partial charge on any atom is 0.170 e. The summed E-state index contributed by atoms with van der Waals surface area (Å²) < 4.78 is 5.47. The number of thiocarbonyl (C=S) groups is 1. The van der Waals surface area contributed by atoms with E-state index in [4.69, 9.17) is 17.0 Å². The van der Waals surface area contributed by atoms with Gasteiger partial charge in [-0.25, -0.2) is 0 Å². The van der Waals surface area contributed by atoms with E-state index in [0.717, 1.165) is 25.3 Å². The molecule has 0 aliphatic rings. The zero-order chi connectivity index (χ0) is 14.3. The largest absolute Gasteiger partial charge is 0.379 e. The van der Waals surface area contributed by atoms with Crippen LogP contribution in [-0.4, -0.2) is 24.4 Å². The number of rotatable bonds is 6. The maximum atomic E-state index is 5.47. The van der Waals surface area contributed by atoms with Crippen molar-refractivity contribution in [1.29, 1.82) is 0 Å². The van der Waals surface area contributed by atoms with E-state index < -0.39 is 0 Å². The van der Waals surface area contributed by atoms with Gasteiger partial charge < -0.3 is 15.4 Å². The maximum absolute atomic E-state index is 5.47. The second-order valence-corrected chi connectivity index (χ2v) is 5.36. The van der Waals surface area contributed by atoms with E-state index in [9.17, 15) is 0 Å². The molecule has 0 heterocycles. The summed E-state index contributed by atoms with van der Waals surface area (Å²) in [5.74, 6) is 0. The first kappa shape index (κ1) is 15.9. The molecular weight excluding hydrogens is 256 g/mol. The van der Waals surface area contributed by atoms with E-state index in [1.165, 1.54) is 11.1 Å². The number of benzene rings is 1. The van der Waals surface area contributed by atoms with Crippen LogP contribution in [0.3, 0.4) is 0 Å². The Balaban J connectivity index is 2.25. The van der Waals surface area contributed by atoms with Crippen LogP contribution in [0.2, 0.25) is 0 Å². The third kappa shape index (κ3) is 6.55. The minimum atomic E-state index is 0.292. The van der Waals surface area contributed by atoms with Gasteiger partial charge in [0.25, 0.3) is 0 Å². The Morgan fingerprint density at radius 2 is 2.00 bits per heavy atom. The van der Waals surface area contributed by atoms with Crippen LogP contribution in [0.4, 0.5) is 5.69 Å². The molecule has 0 aromatic heterocycles. The minimum Gasteiger partial charge on any atom is -0.379 e. The first-order chi connectivity index (χ1) is 8.99. The summed E-state index contributed by atoms with van der Waals surface area (Å²) in [6.45, 7) is 9.86. The van der Waals surface area contributed by atoms with E-state index in [0.29, 0.717) is 11.2 Å². The van der Waals surface area contributed by atoms with Gasteiger partial charge in [0.15, 0.2) is 5.11 Å². The number of anilines is 1. The van der Waals surface area contributed by atoms with Crippen molar-refractivity contribution in [2.45, 2.75) is 40.2 Å². The van der Waals surface area contributed by atoms with Gasteiger partial charge in [-0.05, 0) is 69.6 Å². The van der Waals surface area contributed by atoms with Crippen molar-refractivity contribution in [3.63, 3.8) is 0 Å². The lowest BCUT2D eigenvalue weighted by Gasteiger charge is -2.12. The third-order valence-corrected chi connectivity index (χ3v) is 3.07. The van der Waals surface area contributed by atoms with Crippen molar-refractivity contribution in [3.8, 4) is 0 Å². The van der Waals surface area contributed by atoms with Crippen LogP contribution < -0.4 is 10.6 Å². The van der Waals surface area contributed by atoms with Crippen molar-refractivity contribution < 1.29 is 4.74 Å². The van der Waals surface area contributed by atoms with Gasteiger partial charge in [0, 0.05) is 18.8 Å². The van der Waals surface area contributed by atoms with Crippen molar-refractivity contribution in [2.75, 3.05) is 18.5 Å². The Labute approximate surface area is 121 Å². The van der Waals surface area contributed by atoms with Crippen LogP contribution >= 0.6 is 12.2 Å². The van der Waals surface area contributed by atoms with E-state index in [2.05, 4.69) is 36.6 Å². The molecule has 0 spiro atoms. The fourth-order valence-electron chi connectivity index (χ4n) is 1.59. The van der Waals surface area contributed by atoms with Gasteiger partial charge in [0.05, 0.1) is 6.10 Å². The number of ether oxygens (including phenoxy) is 1. The molecule has 0 amide bonds. The van der Waals surface area contributed by atoms with Gasteiger partial charge in [0.2, 0.25) is 0 Å². The summed E-state index contributed by atoms with van der Waals surface area (Å²) in [7, 11) is 0. The standard InChI is InChI=1S/C15H24N2OS/c1-11(2)18-9-5-8-16-15(19)17-14-7-6-12(3)13(4)10-14/h6-7,10-11H,5,8-9H2,1-4H3,(H2,16,17,19). The lowest BCUT2D eigenvalue weighted by Crippen LogP contribution is -2.30. The molecule has 0 bridgehead atoms. The summed E-state index contributed by atoms with van der Waals surface area (Å²) in [6.07, 6.45) is 1.24. The molecule has 19 heavy (non-hydrogen) atoms. The molecule has 0 aliphatic heterocycles. The highest BCUT2D eigenvalue weighted by molar-refractivity contribution is 7.80. The predicted octanol–water partition coefficient (Wildman–Crippen LogP) is 3.40. The molecule has 0 saturated carbocycles. The van der Waals surface area contributed by atoms with Gasteiger partial charge >= 0.3 is 0 Å². The van der Waals surface area contributed by atoms with Crippen molar-refractivity contribution in [2.24, 2.45) is 0 Å². The van der Waals surface area contributed by atoms with Gasteiger partial charge in [-0.15, -0.1) is 0 Å². The van der Waals surface area contributed by atoms with Crippen molar-refractivity contribution in [1.82, 2.24) is 5.32 Å². The predicted molar refractivity (Wildman–Crippen MR) is 85.8 cm³/mol. The van der Waals surface area contributed by atoms with Crippen LogP contribution in [0.15, 0.2) is 18.2 Å². The molecule has 2 N–H and O–H groups in total. The average molecular weight is 280 g/mol. The number of aryl methyl sites for hydroxylation is 2. The quantitative estimate of drug-likeness (QED) is 0.618. The Bertz CT molecular complexity index is 419. The summed E-state index contributed by atoms with van der Waals surface area (Å²) in [6, 6.07) is 6.24. The van der Waals surface area contributed by atoms with Crippen molar-refractivity contribution >= 4 is 23.0 Å². The van der Waals surface area contributed by atoms with Gasteiger partial charge in [-0.1, -0.05) is 6.07 Å². The van der Waals surface area contributed by atoms with E-state index >= 15 is 0 Å². The number of hydrogen-bond donors (Lipinski definition) is 2. The molecule has 0 atom stereocenters. The monoisotopic (exact) mass is 280 g/mol. The highest BCUT2D eigenvalue weighted by Gasteiger charge is 1.99. The molecule has 3 nitrogen and oxygen atoms in total. The first-order valence-corrected chi connectivity index (χ1v) is 7.13. The van der Waals surface area contributed by atoms with Crippen LogP contribution in [-0.2, 0) is 4.74 Å². The molecule has 1 aromatic carbocycles. The van der Waals surface area contributed by atoms with Crippen LogP contribution in [0, 0.1) is 13.8 Å². The Hall–Kier alpha value is -1.13. The number of nitrogens with one attached hydrogen (secondary N) is 2. The highest BCUT2D eigenvalue weighted by Crippen LogP contribution is 2.13. The molecule has 1 aromatic rings. The second-order valence-electron chi connectivity index (χ2n) is 4.95. The lowest BCUT2D eigenvalue weighted by molar-refractivity contribution is 0.0777. The molecule has 0 aliphatic carbocycles. The fraction of sp³-hybridized carbons (Fsp3) is 0.533. The SMILES string of the molecule is Cc1ccc(NC(=S)NCCCOC(C)C)cc1C. The minimum absolute atomic E-state index is 0.292. The highest BCUT2D eigenvalue weighted by atomic mass is 32.1. The van der Waals surface area contributed by atoms with E-state index in [1.807, 2.05) is 19.9 Å². The van der Waals surface area contributed by atoms with Gasteiger partial charge in [0.1, 0.15) is 0 Å². The van der Waals surface area contributed by atoms with Crippen LogP contribution in [0.5, 0.6) is 0 Å². The molecular formula is C15H24N2OS. The summed E-state index contributed by atoms with van der Waals surface area (Å²) in [5.41, 5.74) is 3.58. The van der Waals surface area contributed by atoms with Crippen LogP contribution in [0.25, 0.3) is 0 Å². The first-order valence-electron chi connectivity index (χ1n) is 6.72. The summed E-state index contributed by atoms with van der Waals surface area (Å²) in [4.78, 5) is 0. The van der Waals surface area contributed by atoms with Gasteiger partial charge in [-0.2, -0.15) is 0 Å². The zero-order valence-corrected chi connectivity index (χ0v) is 13.1. The smallest absolute Gasteiger partial charge is 0.170 e. The second kappa shape index (κ2) is 8.12. The average Bonchev–Trinajstić information content (AvgIpc) is 2.33. The van der Waals surface area contributed by atoms with Crippen molar-refractivity contribution in [3.05, 3.63) is 29.3 Å². The Morgan fingerprint density at radius 1 is 1.26 bits per heavy atom. The molecule has 0 fully saturated rings. The summed E-state index contributed by atoms with van der Waals surface area (Å²) in [5, 5.41) is 7.03. The molecule has 0 radical (unpaired) electrons. The molecule has 106 valence electrons. The Morgan fingerprint density at radius 3 is 2.63 bits per heavy atom. The molecule has 0 saturated heterocycles. The topological polar surface area (TPSA) is 33.3 Å². The molecule has 1 rings (SSSR count). The Kier molecular flexibility index (Phi) is 6.81. The molecule has 4 heteroatoms. The molecule has 0 unspecified atom stereocenters.